The van der Waals surface area contributed by atoms with Gasteiger partial charge in [-0.05, 0) is 38.9 Å². The van der Waals surface area contributed by atoms with Crippen molar-refractivity contribution in [3.63, 3.8) is 0 Å². The molecule has 3 rings (SSSR count). The number of rotatable bonds is 7. The molecule has 3 heterocycles. The van der Waals surface area contributed by atoms with E-state index in [2.05, 4.69) is 37.8 Å². The van der Waals surface area contributed by atoms with Crippen LogP contribution in [0.25, 0.3) is 0 Å². The number of aliphatic imine (C=N–C) groups is 1. The molecule has 2 N–H and O–H groups in total. The first-order valence-electron chi connectivity index (χ1n) is 9.66. The Morgan fingerprint density at radius 2 is 2.15 bits per heavy atom. The molecule has 1 unspecified atom stereocenters. The van der Waals surface area contributed by atoms with Crippen LogP contribution in [0.4, 0.5) is 0 Å². The fourth-order valence-electron chi connectivity index (χ4n) is 3.42. The fraction of sp³-hybridized carbons (Fsp3) is 0.667. The third-order valence-electron chi connectivity index (χ3n) is 5.33. The minimum Gasteiger partial charge on any atom is -0.355 e. The van der Waals surface area contributed by atoms with Crippen LogP contribution in [-0.4, -0.2) is 61.1 Å². The smallest absolute Gasteiger partial charge is 0.192 e. The van der Waals surface area contributed by atoms with Crippen molar-refractivity contribution in [3.05, 3.63) is 29.6 Å². The zero-order valence-corrected chi connectivity index (χ0v) is 16.8. The van der Waals surface area contributed by atoms with E-state index in [0.717, 1.165) is 36.4 Å². The second-order valence-electron chi connectivity index (χ2n) is 6.99. The van der Waals surface area contributed by atoms with Crippen molar-refractivity contribution in [2.24, 2.45) is 19.1 Å². The average molecular weight is 374 g/mol. The molecule has 1 saturated heterocycles. The molecule has 9 heteroatoms. The van der Waals surface area contributed by atoms with E-state index < -0.39 is 0 Å². The maximum absolute atomic E-state index is 4.75. The molecule has 1 aliphatic rings. The lowest BCUT2D eigenvalue weighted by molar-refractivity contribution is 0.267. The largest absolute Gasteiger partial charge is 0.355 e. The van der Waals surface area contributed by atoms with Crippen LogP contribution in [0, 0.1) is 6.92 Å². The number of nitrogens with zero attached hydrogens (tertiary/aromatic N) is 7. The summed E-state index contributed by atoms with van der Waals surface area (Å²) in [6.45, 7) is 8.51. The van der Waals surface area contributed by atoms with Crippen LogP contribution in [-0.2, 0) is 27.2 Å². The zero-order valence-electron chi connectivity index (χ0n) is 16.8. The molecule has 0 radical (unpaired) electrons. The van der Waals surface area contributed by atoms with Gasteiger partial charge in [-0.15, -0.1) is 10.2 Å². The second-order valence-corrected chi connectivity index (χ2v) is 6.99. The number of likely N-dealkylation sites (N-methyl/N-ethyl adjacent to an activating group) is 1. The Morgan fingerprint density at radius 3 is 2.81 bits per heavy atom. The first-order valence-corrected chi connectivity index (χ1v) is 9.66. The minimum absolute atomic E-state index is 0.566. The molecule has 2 aromatic heterocycles. The van der Waals surface area contributed by atoms with Gasteiger partial charge in [0, 0.05) is 32.9 Å². The van der Waals surface area contributed by atoms with Gasteiger partial charge in [0.25, 0.3) is 0 Å². The fourth-order valence-corrected chi connectivity index (χ4v) is 3.42. The molecular weight excluding hydrogens is 342 g/mol. The summed E-state index contributed by atoms with van der Waals surface area (Å²) in [5, 5.41) is 19.5. The van der Waals surface area contributed by atoms with E-state index in [1.807, 2.05) is 36.3 Å². The molecule has 9 nitrogen and oxygen atoms in total. The SMILES string of the molecule is CCN1CCCC1CNC(=NCc1ccnn1C)NCc1nnc(C)n1C. The van der Waals surface area contributed by atoms with Gasteiger partial charge >= 0.3 is 0 Å². The van der Waals surface area contributed by atoms with Crippen LogP contribution in [0.2, 0.25) is 0 Å². The Balaban J connectivity index is 1.64. The van der Waals surface area contributed by atoms with Crippen molar-refractivity contribution < 1.29 is 0 Å². The Labute approximate surface area is 160 Å². The lowest BCUT2D eigenvalue weighted by Gasteiger charge is -2.24. The van der Waals surface area contributed by atoms with E-state index in [1.54, 1.807) is 6.20 Å². The molecule has 0 bridgehead atoms. The Kier molecular flexibility index (Phi) is 6.44. The molecule has 1 fully saturated rings. The maximum atomic E-state index is 4.75. The predicted molar refractivity (Wildman–Crippen MR) is 105 cm³/mol. The number of nitrogens with one attached hydrogen (secondary N) is 2. The third kappa shape index (κ3) is 4.85. The summed E-state index contributed by atoms with van der Waals surface area (Å²) in [5.74, 6) is 2.58. The van der Waals surface area contributed by atoms with Gasteiger partial charge < -0.3 is 15.2 Å². The molecule has 0 amide bonds. The van der Waals surface area contributed by atoms with E-state index >= 15 is 0 Å². The summed E-state index contributed by atoms with van der Waals surface area (Å²) < 4.78 is 3.84. The van der Waals surface area contributed by atoms with E-state index in [1.165, 1.54) is 19.4 Å². The number of likely N-dealkylation sites (tertiary alicyclic amines) is 1. The standard InChI is InChI=1S/C18H31N9/c1-5-27-10-6-7-16(27)12-20-18(19-11-15-8-9-22-26(15)4)21-13-17-24-23-14(2)25(17)3/h8-9,16H,5-7,10-13H2,1-4H3,(H2,19,20,21). The number of aromatic nitrogens is 5. The summed E-state index contributed by atoms with van der Waals surface area (Å²) in [6, 6.07) is 2.55. The topological polar surface area (TPSA) is 88.2 Å². The third-order valence-corrected chi connectivity index (χ3v) is 5.33. The molecular formula is C18H31N9. The summed E-state index contributed by atoms with van der Waals surface area (Å²) in [6.07, 6.45) is 4.30. The van der Waals surface area contributed by atoms with Crippen molar-refractivity contribution in [3.8, 4) is 0 Å². The predicted octanol–water partition coefficient (Wildman–Crippen LogP) is 0.577. The Morgan fingerprint density at radius 1 is 1.30 bits per heavy atom. The molecule has 2 aromatic rings. The number of guanidine groups is 1. The van der Waals surface area contributed by atoms with Gasteiger partial charge in [0.1, 0.15) is 5.82 Å². The highest BCUT2D eigenvalue weighted by Gasteiger charge is 2.22. The maximum Gasteiger partial charge on any atom is 0.192 e. The van der Waals surface area contributed by atoms with Crippen molar-refractivity contribution in [2.45, 2.75) is 45.8 Å². The van der Waals surface area contributed by atoms with Crippen LogP contribution in [0.15, 0.2) is 17.3 Å². The molecule has 0 saturated carbocycles. The van der Waals surface area contributed by atoms with Gasteiger partial charge in [-0.1, -0.05) is 6.92 Å². The van der Waals surface area contributed by atoms with Crippen molar-refractivity contribution in [1.29, 1.82) is 0 Å². The normalized spacial score (nSPS) is 18.2. The summed E-state index contributed by atoms with van der Waals surface area (Å²) in [5.41, 5.74) is 1.07. The lowest BCUT2D eigenvalue weighted by atomic mass is 10.2. The van der Waals surface area contributed by atoms with Crippen molar-refractivity contribution >= 4 is 5.96 Å². The molecule has 1 atom stereocenters. The van der Waals surface area contributed by atoms with Crippen LogP contribution < -0.4 is 10.6 Å². The van der Waals surface area contributed by atoms with Crippen molar-refractivity contribution in [2.75, 3.05) is 19.6 Å². The minimum atomic E-state index is 0.566. The second kappa shape index (κ2) is 8.98. The number of hydrogen-bond acceptors (Lipinski definition) is 5. The molecule has 1 aliphatic heterocycles. The first kappa shape index (κ1) is 19.3. The van der Waals surface area contributed by atoms with Crippen molar-refractivity contribution in [1.82, 2.24) is 40.1 Å². The van der Waals surface area contributed by atoms with E-state index in [0.29, 0.717) is 19.1 Å². The Bertz CT molecular complexity index is 761. The van der Waals surface area contributed by atoms with E-state index in [9.17, 15) is 0 Å². The number of aryl methyl sites for hydroxylation is 2. The molecule has 148 valence electrons. The highest BCUT2D eigenvalue weighted by atomic mass is 15.3. The van der Waals surface area contributed by atoms with Crippen LogP contribution >= 0.6 is 0 Å². The number of hydrogen-bond donors (Lipinski definition) is 2. The molecule has 0 aliphatic carbocycles. The van der Waals surface area contributed by atoms with Gasteiger partial charge in [0.2, 0.25) is 0 Å². The van der Waals surface area contributed by atoms with Gasteiger partial charge in [-0.2, -0.15) is 5.10 Å². The highest BCUT2D eigenvalue weighted by molar-refractivity contribution is 5.79. The average Bonchev–Trinajstić information content (AvgIpc) is 3.37. The van der Waals surface area contributed by atoms with E-state index in [-0.39, 0.29) is 0 Å². The monoisotopic (exact) mass is 373 g/mol. The van der Waals surface area contributed by atoms with Gasteiger partial charge in [0.05, 0.1) is 18.8 Å². The van der Waals surface area contributed by atoms with Crippen LogP contribution in [0.5, 0.6) is 0 Å². The Hall–Kier alpha value is -2.42. The summed E-state index contributed by atoms with van der Waals surface area (Å²) in [4.78, 5) is 7.27. The van der Waals surface area contributed by atoms with E-state index in [4.69, 9.17) is 4.99 Å². The van der Waals surface area contributed by atoms with Crippen LogP contribution in [0.1, 0.15) is 37.1 Å². The lowest BCUT2D eigenvalue weighted by Crippen LogP contribution is -2.45. The summed E-state index contributed by atoms with van der Waals surface area (Å²) in [7, 11) is 3.91. The molecule has 0 spiro atoms. The highest BCUT2D eigenvalue weighted by Crippen LogP contribution is 2.15. The van der Waals surface area contributed by atoms with Gasteiger partial charge in [-0.25, -0.2) is 4.99 Å². The molecule has 27 heavy (non-hydrogen) atoms. The quantitative estimate of drug-likeness (QED) is 0.545. The zero-order chi connectivity index (χ0) is 19.2. The van der Waals surface area contributed by atoms with Crippen LogP contribution in [0.3, 0.4) is 0 Å². The van der Waals surface area contributed by atoms with Gasteiger partial charge in [0.15, 0.2) is 11.8 Å². The first-order chi connectivity index (χ1) is 13.1. The van der Waals surface area contributed by atoms with Gasteiger partial charge in [-0.3, -0.25) is 9.58 Å². The summed E-state index contributed by atoms with van der Waals surface area (Å²) >= 11 is 0. The molecule has 0 aromatic carbocycles.